The molecule has 0 spiro atoms. The molecule has 3 nitrogen and oxygen atoms in total. The Bertz CT molecular complexity index is 504. The summed E-state index contributed by atoms with van der Waals surface area (Å²) in [7, 11) is 0. The summed E-state index contributed by atoms with van der Waals surface area (Å²) in [6, 6.07) is 2.87. The zero-order valence-corrected chi connectivity index (χ0v) is 11.6. The van der Waals surface area contributed by atoms with Crippen LogP contribution in [0, 0.1) is 29.4 Å². The van der Waals surface area contributed by atoms with Crippen molar-refractivity contribution in [3.63, 3.8) is 0 Å². The molecular formula is C14H17ClF2N2O. The van der Waals surface area contributed by atoms with Crippen LogP contribution in [0.25, 0.3) is 0 Å². The topological polar surface area (TPSA) is 55.1 Å². The number of carbonyl (C=O) groups excluding carboxylic acids is 1. The zero-order valence-electron chi connectivity index (χ0n) is 10.8. The van der Waals surface area contributed by atoms with Crippen molar-refractivity contribution < 1.29 is 13.6 Å². The van der Waals surface area contributed by atoms with Gasteiger partial charge in [-0.2, -0.15) is 0 Å². The number of fused-ring (bicyclic) bond motifs is 2. The van der Waals surface area contributed by atoms with Gasteiger partial charge in [-0.1, -0.05) is 0 Å². The summed E-state index contributed by atoms with van der Waals surface area (Å²) in [5.41, 5.74) is 6.22. The third kappa shape index (κ3) is 2.65. The number of hydrogen-bond acceptors (Lipinski definition) is 2. The average Bonchev–Trinajstić information content (AvgIpc) is 2.87. The summed E-state index contributed by atoms with van der Waals surface area (Å²) in [4.78, 5) is 12.2. The number of rotatable bonds is 2. The summed E-state index contributed by atoms with van der Waals surface area (Å²) >= 11 is 0. The van der Waals surface area contributed by atoms with Gasteiger partial charge in [-0.05, 0) is 43.2 Å². The number of benzene rings is 1. The van der Waals surface area contributed by atoms with E-state index in [2.05, 4.69) is 5.32 Å². The highest BCUT2D eigenvalue weighted by Crippen LogP contribution is 2.47. The van der Waals surface area contributed by atoms with E-state index in [-0.39, 0.29) is 36.0 Å². The van der Waals surface area contributed by atoms with Gasteiger partial charge < -0.3 is 11.1 Å². The van der Waals surface area contributed by atoms with Crippen LogP contribution in [0.2, 0.25) is 0 Å². The van der Waals surface area contributed by atoms with Crippen LogP contribution in [-0.2, 0) is 4.79 Å². The van der Waals surface area contributed by atoms with E-state index in [0.29, 0.717) is 11.8 Å². The summed E-state index contributed by atoms with van der Waals surface area (Å²) in [6.07, 6.45) is 3.11. The van der Waals surface area contributed by atoms with Crippen LogP contribution >= 0.6 is 12.4 Å². The maximum atomic E-state index is 13.1. The fourth-order valence-corrected chi connectivity index (χ4v) is 3.58. The first-order valence-electron chi connectivity index (χ1n) is 6.57. The van der Waals surface area contributed by atoms with Gasteiger partial charge in [0, 0.05) is 17.8 Å². The van der Waals surface area contributed by atoms with Crippen LogP contribution in [0.3, 0.4) is 0 Å². The highest BCUT2D eigenvalue weighted by molar-refractivity contribution is 5.93. The Labute approximate surface area is 122 Å². The Kier molecular flexibility index (Phi) is 4.30. The van der Waals surface area contributed by atoms with Crippen molar-refractivity contribution >= 4 is 24.0 Å². The maximum absolute atomic E-state index is 13.1. The summed E-state index contributed by atoms with van der Waals surface area (Å²) in [5.74, 6) is -1.11. The summed E-state index contributed by atoms with van der Waals surface area (Å²) in [6.45, 7) is 0. The Balaban J connectivity index is 0.00000147. The Morgan fingerprint density at radius 1 is 1.15 bits per heavy atom. The Morgan fingerprint density at radius 3 is 2.30 bits per heavy atom. The molecule has 0 saturated heterocycles. The fraction of sp³-hybridized carbons (Fsp3) is 0.500. The number of halogens is 3. The van der Waals surface area contributed by atoms with E-state index < -0.39 is 11.6 Å². The Morgan fingerprint density at radius 2 is 1.75 bits per heavy atom. The predicted molar refractivity (Wildman–Crippen MR) is 74.5 cm³/mol. The first kappa shape index (κ1) is 15.2. The van der Waals surface area contributed by atoms with Gasteiger partial charge in [-0.3, -0.25) is 4.79 Å². The van der Waals surface area contributed by atoms with Crippen molar-refractivity contribution in [1.82, 2.24) is 0 Å². The van der Waals surface area contributed by atoms with E-state index in [1.54, 1.807) is 0 Å². The molecule has 4 unspecified atom stereocenters. The molecule has 2 bridgehead atoms. The summed E-state index contributed by atoms with van der Waals surface area (Å²) < 4.78 is 26.1. The molecule has 6 heteroatoms. The second kappa shape index (κ2) is 5.66. The zero-order chi connectivity index (χ0) is 13.6. The van der Waals surface area contributed by atoms with Crippen LogP contribution in [0.15, 0.2) is 18.2 Å². The minimum absolute atomic E-state index is 0. The second-order valence-corrected chi connectivity index (χ2v) is 5.58. The minimum atomic E-state index is -0.701. The monoisotopic (exact) mass is 302 g/mol. The van der Waals surface area contributed by atoms with Crippen LogP contribution in [0.5, 0.6) is 0 Å². The van der Waals surface area contributed by atoms with Gasteiger partial charge in [0.15, 0.2) is 0 Å². The molecule has 110 valence electrons. The normalized spacial score (nSPS) is 30.9. The van der Waals surface area contributed by atoms with E-state index in [9.17, 15) is 13.6 Å². The average molecular weight is 303 g/mol. The van der Waals surface area contributed by atoms with E-state index in [0.717, 1.165) is 37.5 Å². The lowest BCUT2D eigenvalue weighted by atomic mass is 9.84. The number of amides is 1. The molecule has 1 aromatic carbocycles. The molecule has 2 aliphatic rings. The number of nitrogens with one attached hydrogen (secondary N) is 1. The lowest BCUT2D eigenvalue weighted by Gasteiger charge is -2.27. The molecule has 2 aliphatic carbocycles. The van der Waals surface area contributed by atoms with E-state index >= 15 is 0 Å². The number of anilines is 1. The molecule has 0 radical (unpaired) electrons. The van der Waals surface area contributed by atoms with Gasteiger partial charge >= 0.3 is 0 Å². The largest absolute Gasteiger partial charge is 0.327 e. The van der Waals surface area contributed by atoms with Gasteiger partial charge in [0.2, 0.25) is 5.91 Å². The van der Waals surface area contributed by atoms with Crippen molar-refractivity contribution in [3.8, 4) is 0 Å². The molecule has 3 rings (SSSR count). The van der Waals surface area contributed by atoms with Crippen molar-refractivity contribution in [1.29, 1.82) is 0 Å². The fourth-order valence-electron chi connectivity index (χ4n) is 3.58. The first-order chi connectivity index (χ1) is 9.04. The van der Waals surface area contributed by atoms with Crippen LogP contribution in [-0.4, -0.2) is 11.9 Å². The SMILES string of the molecule is Cl.NC1C2CCC(C2)C1C(=O)Nc1cc(F)cc(F)c1. The second-order valence-electron chi connectivity index (χ2n) is 5.58. The third-order valence-electron chi connectivity index (χ3n) is 4.41. The van der Waals surface area contributed by atoms with Crippen LogP contribution < -0.4 is 11.1 Å². The van der Waals surface area contributed by atoms with Crippen molar-refractivity contribution in [3.05, 3.63) is 29.8 Å². The molecule has 0 heterocycles. The van der Waals surface area contributed by atoms with Crippen LogP contribution in [0.1, 0.15) is 19.3 Å². The molecular weight excluding hydrogens is 286 g/mol. The van der Waals surface area contributed by atoms with Gasteiger partial charge in [0.05, 0.1) is 5.92 Å². The molecule has 1 aromatic rings. The van der Waals surface area contributed by atoms with Gasteiger partial charge in [0.1, 0.15) is 11.6 Å². The molecule has 2 fully saturated rings. The van der Waals surface area contributed by atoms with Crippen molar-refractivity contribution in [2.24, 2.45) is 23.5 Å². The molecule has 4 atom stereocenters. The Hall–Kier alpha value is -1.20. The lowest BCUT2D eigenvalue weighted by Crippen LogP contribution is -2.42. The quantitative estimate of drug-likeness (QED) is 0.882. The minimum Gasteiger partial charge on any atom is -0.327 e. The molecule has 2 saturated carbocycles. The van der Waals surface area contributed by atoms with Gasteiger partial charge in [-0.15, -0.1) is 12.4 Å². The number of carbonyl (C=O) groups is 1. The standard InChI is InChI=1S/C14H16F2N2O.ClH/c15-9-4-10(16)6-11(5-9)18-14(19)12-7-1-2-8(3-7)13(12)17;/h4-8,12-13H,1-3,17H2,(H,18,19);1H. The van der Waals surface area contributed by atoms with E-state index in [4.69, 9.17) is 5.73 Å². The smallest absolute Gasteiger partial charge is 0.229 e. The van der Waals surface area contributed by atoms with Crippen molar-refractivity contribution in [2.45, 2.75) is 25.3 Å². The van der Waals surface area contributed by atoms with Crippen LogP contribution in [0.4, 0.5) is 14.5 Å². The van der Waals surface area contributed by atoms with Gasteiger partial charge in [-0.25, -0.2) is 8.78 Å². The lowest BCUT2D eigenvalue weighted by molar-refractivity contribution is -0.121. The molecule has 0 aromatic heterocycles. The van der Waals surface area contributed by atoms with Crippen molar-refractivity contribution in [2.75, 3.05) is 5.32 Å². The molecule has 3 N–H and O–H groups in total. The van der Waals surface area contributed by atoms with Gasteiger partial charge in [0.25, 0.3) is 0 Å². The van der Waals surface area contributed by atoms with E-state index in [1.165, 1.54) is 0 Å². The van der Waals surface area contributed by atoms with E-state index in [1.807, 2.05) is 0 Å². The maximum Gasteiger partial charge on any atom is 0.229 e. The highest BCUT2D eigenvalue weighted by Gasteiger charge is 2.49. The highest BCUT2D eigenvalue weighted by atomic mass is 35.5. The molecule has 0 aliphatic heterocycles. The molecule has 1 amide bonds. The first-order valence-corrected chi connectivity index (χ1v) is 6.57. The number of hydrogen-bond donors (Lipinski definition) is 2. The summed E-state index contributed by atoms with van der Waals surface area (Å²) in [5, 5.41) is 2.58. The third-order valence-corrected chi connectivity index (χ3v) is 4.41. The molecule has 20 heavy (non-hydrogen) atoms. The predicted octanol–water partition coefficient (Wildman–Crippen LogP) is 2.70. The number of nitrogens with two attached hydrogens (primary N) is 1.